The van der Waals surface area contributed by atoms with Crippen LogP contribution in [0.5, 0.6) is 5.75 Å². The second-order valence-electron chi connectivity index (χ2n) is 9.11. The van der Waals surface area contributed by atoms with E-state index in [1.54, 1.807) is 37.1 Å². The minimum atomic E-state index is -3.88. The van der Waals surface area contributed by atoms with E-state index in [0.29, 0.717) is 26.3 Å². The van der Waals surface area contributed by atoms with E-state index in [-0.39, 0.29) is 35.6 Å². The highest BCUT2D eigenvalue weighted by Gasteiger charge is 2.38. The van der Waals surface area contributed by atoms with Crippen molar-refractivity contribution in [3.63, 3.8) is 0 Å². The number of aliphatic hydroxyl groups is 1. The highest BCUT2D eigenvalue weighted by atomic mass is 32.2. The van der Waals surface area contributed by atoms with Gasteiger partial charge < -0.3 is 19.5 Å². The fraction of sp³-hybridized carbons (Fsp3) is 0.625. The predicted octanol–water partition coefficient (Wildman–Crippen LogP) is 1.28. The number of benzene rings is 1. The molecule has 34 heavy (non-hydrogen) atoms. The second-order valence-corrected chi connectivity index (χ2v) is 11.0. The Balaban J connectivity index is 1.89. The number of likely N-dealkylation sites (N-methyl/N-ethyl adjacent to an activating group) is 1. The molecule has 2 aliphatic rings. The van der Waals surface area contributed by atoms with Gasteiger partial charge in [0.2, 0.25) is 15.9 Å². The monoisotopic (exact) mass is 495 g/mol. The van der Waals surface area contributed by atoms with E-state index in [4.69, 9.17) is 9.47 Å². The van der Waals surface area contributed by atoms with Crippen LogP contribution >= 0.6 is 0 Å². The summed E-state index contributed by atoms with van der Waals surface area (Å²) in [5, 5.41) is 9.76. The predicted molar refractivity (Wildman–Crippen MR) is 130 cm³/mol. The minimum Gasteiger partial charge on any atom is -0.487 e. The number of amides is 1. The van der Waals surface area contributed by atoms with Gasteiger partial charge in [0, 0.05) is 38.6 Å². The van der Waals surface area contributed by atoms with Crippen LogP contribution in [0.1, 0.15) is 26.3 Å². The first-order valence-electron chi connectivity index (χ1n) is 11.8. The maximum absolute atomic E-state index is 13.5. The number of hydrogen-bond acceptors (Lipinski definition) is 7. The maximum Gasteiger partial charge on any atom is 0.247 e. The van der Waals surface area contributed by atoms with Crippen molar-refractivity contribution in [3.05, 3.63) is 29.8 Å². The van der Waals surface area contributed by atoms with E-state index in [1.165, 1.54) is 4.31 Å². The third-order valence-electron chi connectivity index (χ3n) is 6.39. The van der Waals surface area contributed by atoms with Crippen LogP contribution in [0.25, 0.3) is 6.08 Å². The molecule has 2 heterocycles. The van der Waals surface area contributed by atoms with Crippen LogP contribution in [0.3, 0.4) is 0 Å². The first-order chi connectivity index (χ1) is 16.2. The molecule has 0 saturated carbocycles. The van der Waals surface area contributed by atoms with Gasteiger partial charge in [-0.15, -0.1) is 0 Å². The third-order valence-corrected chi connectivity index (χ3v) is 8.41. The van der Waals surface area contributed by atoms with Crippen molar-refractivity contribution in [1.82, 2.24) is 14.1 Å². The largest absolute Gasteiger partial charge is 0.487 e. The molecular weight excluding hydrogens is 458 g/mol. The molecular formula is C24H37N3O6S. The zero-order chi connectivity index (χ0) is 24.9. The summed E-state index contributed by atoms with van der Waals surface area (Å²) in [6.45, 7) is 8.70. The Morgan fingerprint density at radius 1 is 1.32 bits per heavy atom. The summed E-state index contributed by atoms with van der Waals surface area (Å²) in [4.78, 5) is 16.7. The molecule has 2 aliphatic heterocycles. The lowest BCUT2D eigenvalue weighted by molar-refractivity contribution is -0.133. The van der Waals surface area contributed by atoms with Crippen LogP contribution in [0, 0.1) is 5.92 Å². The number of morpholine rings is 1. The van der Waals surface area contributed by atoms with Gasteiger partial charge in [0.25, 0.3) is 0 Å². The number of fused-ring (bicyclic) bond motifs is 1. The molecule has 1 saturated heterocycles. The summed E-state index contributed by atoms with van der Waals surface area (Å²) < 4.78 is 40.0. The Labute approximate surface area is 203 Å². The highest BCUT2D eigenvalue weighted by Crippen LogP contribution is 2.34. The highest BCUT2D eigenvalue weighted by molar-refractivity contribution is 7.89. The average Bonchev–Trinajstić information content (AvgIpc) is 2.81. The van der Waals surface area contributed by atoms with Crippen LogP contribution < -0.4 is 4.74 Å². The van der Waals surface area contributed by atoms with Gasteiger partial charge in [0.15, 0.2) is 0 Å². The molecule has 1 amide bonds. The molecule has 1 N–H and O–H groups in total. The Morgan fingerprint density at radius 2 is 2.03 bits per heavy atom. The normalized spacial score (nSPS) is 24.6. The van der Waals surface area contributed by atoms with Gasteiger partial charge in [0.1, 0.15) is 16.7 Å². The molecule has 10 heteroatoms. The Morgan fingerprint density at radius 3 is 2.68 bits per heavy atom. The first-order valence-corrected chi connectivity index (χ1v) is 13.2. The molecule has 190 valence electrons. The van der Waals surface area contributed by atoms with E-state index in [9.17, 15) is 18.3 Å². The number of carbonyl (C=O) groups is 1. The van der Waals surface area contributed by atoms with Crippen molar-refractivity contribution in [2.24, 2.45) is 5.92 Å². The summed E-state index contributed by atoms with van der Waals surface area (Å²) in [5.74, 6) is 0.0214. The number of aliphatic hydroxyl groups excluding tert-OH is 1. The first kappa shape index (κ1) is 26.6. The molecule has 3 atom stereocenters. The summed E-state index contributed by atoms with van der Waals surface area (Å²) in [7, 11) is -2.13. The van der Waals surface area contributed by atoms with Gasteiger partial charge in [-0.05, 0) is 31.5 Å². The fourth-order valence-corrected chi connectivity index (χ4v) is 6.02. The van der Waals surface area contributed by atoms with Gasteiger partial charge in [-0.3, -0.25) is 9.69 Å². The third kappa shape index (κ3) is 6.17. The number of hydrogen-bond donors (Lipinski definition) is 1. The van der Waals surface area contributed by atoms with E-state index >= 15 is 0 Å². The number of rotatable bonds is 7. The number of carbonyl (C=O) groups excluding carboxylic acids is 1. The van der Waals surface area contributed by atoms with Crippen molar-refractivity contribution >= 4 is 22.0 Å². The van der Waals surface area contributed by atoms with E-state index in [1.807, 2.05) is 26.0 Å². The van der Waals surface area contributed by atoms with Gasteiger partial charge in [-0.1, -0.05) is 25.1 Å². The average molecular weight is 496 g/mol. The lowest BCUT2D eigenvalue weighted by Crippen LogP contribution is -2.51. The Bertz CT molecular complexity index is 977. The van der Waals surface area contributed by atoms with Crippen LogP contribution in [-0.2, 0) is 19.6 Å². The van der Waals surface area contributed by atoms with Crippen LogP contribution in [0.15, 0.2) is 29.2 Å². The summed E-state index contributed by atoms with van der Waals surface area (Å²) in [6, 6.07) is 4.42. The van der Waals surface area contributed by atoms with Crippen molar-refractivity contribution in [2.75, 3.05) is 59.6 Å². The molecule has 0 aliphatic carbocycles. The van der Waals surface area contributed by atoms with E-state index in [0.717, 1.165) is 18.7 Å². The van der Waals surface area contributed by atoms with Gasteiger partial charge in [-0.25, -0.2) is 8.42 Å². The molecule has 9 nitrogen and oxygen atoms in total. The number of nitrogens with zero attached hydrogens (tertiary/aromatic N) is 3. The molecule has 0 radical (unpaired) electrons. The number of ether oxygens (including phenoxy) is 2. The van der Waals surface area contributed by atoms with E-state index in [2.05, 4.69) is 4.90 Å². The Kier molecular flexibility index (Phi) is 9.11. The molecule has 1 aromatic rings. The van der Waals surface area contributed by atoms with Gasteiger partial charge >= 0.3 is 0 Å². The zero-order valence-electron chi connectivity index (χ0n) is 20.5. The van der Waals surface area contributed by atoms with Crippen molar-refractivity contribution < 1.29 is 27.8 Å². The molecule has 0 unspecified atom stereocenters. The van der Waals surface area contributed by atoms with Crippen LogP contribution in [0.2, 0.25) is 0 Å². The smallest absolute Gasteiger partial charge is 0.247 e. The van der Waals surface area contributed by atoms with Crippen molar-refractivity contribution in [2.45, 2.75) is 37.8 Å². The summed E-state index contributed by atoms with van der Waals surface area (Å²) in [6.07, 6.45) is 3.32. The van der Waals surface area contributed by atoms with Crippen molar-refractivity contribution in [3.8, 4) is 5.75 Å². The summed E-state index contributed by atoms with van der Waals surface area (Å²) >= 11 is 0. The Hall–Kier alpha value is -1.98. The standard InChI is InChI=1S/C24H37N3O6S/c1-5-6-20-7-8-23-21(13-20)33-22(18(2)14-27(19(3)17-28)34(23,30)31)15-25(4)24(29)16-26-9-11-32-12-10-26/h5-8,13,18-19,22,28H,9-12,14-17H2,1-4H3/b6-5+/t18-,19+,22-/m0/s1. The number of sulfonamides is 1. The lowest BCUT2D eigenvalue weighted by atomic mass is 10.0. The van der Waals surface area contributed by atoms with Crippen LogP contribution in [0.4, 0.5) is 0 Å². The van der Waals surface area contributed by atoms with Gasteiger partial charge in [0.05, 0.1) is 32.9 Å². The molecule has 1 aromatic carbocycles. The van der Waals surface area contributed by atoms with Gasteiger partial charge in [-0.2, -0.15) is 4.31 Å². The quantitative estimate of drug-likeness (QED) is 0.608. The molecule has 3 rings (SSSR count). The maximum atomic E-state index is 13.5. The SMILES string of the molecule is C/C=C/c1ccc2c(c1)O[C@@H](CN(C)C(=O)CN1CCOCC1)[C@@H](C)CN([C@H](C)CO)S2(=O)=O. The number of allylic oxidation sites excluding steroid dienone is 1. The molecule has 1 fully saturated rings. The summed E-state index contributed by atoms with van der Waals surface area (Å²) in [5.41, 5.74) is 0.821. The zero-order valence-corrected chi connectivity index (χ0v) is 21.3. The molecule has 0 spiro atoms. The van der Waals surface area contributed by atoms with Crippen molar-refractivity contribution in [1.29, 1.82) is 0 Å². The lowest BCUT2D eigenvalue weighted by Gasteiger charge is -2.38. The fourth-order valence-electron chi connectivity index (χ4n) is 4.20. The minimum absolute atomic E-state index is 0.0177. The second kappa shape index (κ2) is 11.6. The molecule has 0 bridgehead atoms. The molecule has 0 aromatic heterocycles. The van der Waals surface area contributed by atoms with E-state index < -0.39 is 22.2 Å². The topological polar surface area (TPSA) is 99.6 Å². The van der Waals surface area contributed by atoms with Crippen LogP contribution in [-0.4, -0.2) is 105 Å².